The summed E-state index contributed by atoms with van der Waals surface area (Å²) in [5.74, 6) is -0.828. The van der Waals surface area contributed by atoms with Gasteiger partial charge in [-0.15, -0.1) is 0 Å². The molecule has 94 valence electrons. The summed E-state index contributed by atoms with van der Waals surface area (Å²) in [6, 6.07) is 1.04. The van der Waals surface area contributed by atoms with Crippen LogP contribution >= 0.6 is 0 Å². The van der Waals surface area contributed by atoms with E-state index in [2.05, 4.69) is 39.5 Å². The Kier molecular flexibility index (Phi) is 6.34. The van der Waals surface area contributed by atoms with Crippen LogP contribution in [0.3, 0.4) is 0 Å². The Labute approximate surface area is 99.1 Å². The largest absolute Gasteiger partial charge is 0.478 e. The molecule has 1 N–H and O–H groups in total. The zero-order valence-electron chi connectivity index (χ0n) is 11.3. The Morgan fingerprint density at radius 2 is 1.69 bits per heavy atom. The first-order valence-electron chi connectivity index (χ1n) is 6.00. The van der Waals surface area contributed by atoms with Crippen LogP contribution < -0.4 is 0 Å². The maximum atomic E-state index is 10.8. The summed E-state index contributed by atoms with van der Waals surface area (Å²) in [6.07, 6.45) is 2.79. The minimum Gasteiger partial charge on any atom is -0.478 e. The van der Waals surface area contributed by atoms with Gasteiger partial charge in [-0.2, -0.15) is 0 Å². The van der Waals surface area contributed by atoms with Crippen LogP contribution in [0.2, 0.25) is 0 Å². The smallest absolute Gasteiger partial charge is 0.331 e. The lowest BCUT2D eigenvalue weighted by atomic mass is 10.1. The molecule has 0 spiro atoms. The quantitative estimate of drug-likeness (QED) is 0.709. The van der Waals surface area contributed by atoms with Gasteiger partial charge in [0.15, 0.2) is 0 Å². The zero-order chi connectivity index (χ0) is 12.9. The second-order valence-electron chi connectivity index (χ2n) is 4.77. The molecule has 1 unspecified atom stereocenters. The molecular weight excluding hydrogens is 202 g/mol. The summed E-state index contributed by atoms with van der Waals surface area (Å²) in [5, 5.41) is 8.90. The molecule has 0 radical (unpaired) electrons. The molecule has 0 aliphatic carbocycles. The fraction of sp³-hybridized carbons (Fsp3) is 0.769. The van der Waals surface area contributed by atoms with Crippen molar-refractivity contribution in [3.05, 3.63) is 11.6 Å². The van der Waals surface area contributed by atoms with E-state index in [4.69, 9.17) is 5.11 Å². The highest BCUT2D eigenvalue weighted by Crippen LogP contribution is 2.16. The summed E-state index contributed by atoms with van der Waals surface area (Å²) in [4.78, 5) is 13.2. The van der Waals surface area contributed by atoms with Crippen molar-refractivity contribution in [3.63, 3.8) is 0 Å². The Hall–Kier alpha value is -0.830. The monoisotopic (exact) mass is 227 g/mol. The van der Waals surface area contributed by atoms with Gasteiger partial charge in [-0.25, -0.2) is 4.79 Å². The Balaban J connectivity index is 4.95. The standard InChI is InChI=1S/C13H25NO2/c1-7-12(8-11(6)13(15)16)14(9(2)3)10(4)5/h8-10,12H,7H2,1-6H3,(H,15,16). The minimum atomic E-state index is -0.828. The SMILES string of the molecule is CCC(C=C(C)C(=O)O)N(C(C)C)C(C)C. The van der Waals surface area contributed by atoms with Crippen LogP contribution in [0.5, 0.6) is 0 Å². The van der Waals surface area contributed by atoms with Gasteiger partial charge in [-0.05, 0) is 41.0 Å². The van der Waals surface area contributed by atoms with Gasteiger partial charge in [0.1, 0.15) is 0 Å². The molecule has 0 aliphatic rings. The molecule has 0 aliphatic heterocycles. The van der Waals surface area contributed by atoms with Crippen molar-refractivity contribution in [2.45, 2.75) is 66.1 Å². The zero-order valence-corrected chi connectivity index (χ0v) is 11.3. The van der Waals surface area contributed by atoms with Crippen molar-refractivity contribution >= 4 is 5.97 Å². The topological polar surface area (TPSA) is 40.5 Å². The van der Waals surface area contributed by atoms with E-state index in [1.807, 2.05) is 6.08 Å². The molecule has 0 saturated carbocycles. The average molecular weight is 227 g/mol. The second-order valence-corrected chi connectivity index (χ2v) is 4.77. The first-order valence-corrected chi connectivity index (χ1v) is 6.00. The Morgan fingerprint density at radius 1 is 1.25 bits per heavy atom. The fourth-order valence-corrected chi connectivity index (χ4v) is 2.14. The fourth-order valence-electron chi connectivity index (χ4n) is 2.14. The lowest BCUT2D eigenvalue weighted by molar-refractivity contribution is -0.132. The molecule has 3 heteroatoms. The van der Waals surface area contributed by atoms with Gasteiger partial charge < -0.3 is 5.11 Å². The summed E-state index contributed by atoms with van der Waals surface area (Å²) < 4.78 is 0. The molecule has 0 bridgehead atoms. The normalized spacial score (nSPS) is 14.9. The number of nitrogens with zero attached hydrogens (tertiary/aromatic N) is 1. The van der Waals surface area contributed by atoms with Crippen LogP contribution in [0.15, 0.2) is 11.6 Å². The number of hydrogen-bond donors (Lipinski definition) is 1. The van der Waals surface area contributed by atoms with Gasteiger partial charge in [-0.1, -0.05) is 13.0 Å². The van der Waals surface area contributed by atoms with Crippen LogP contribution in [0, 0.1) is 0 Å². The van der Waals surface area contributed by atoms with Crippen LogP contribution in [0.25, 0.3) is 0 Å². The molecule has 3 nitrogen and oxygen atoms in total. The number of carboxylic acids is 1. The van der Waals surface area contributed by atoms with E-state index in [0.29, 0.717) is 17.7 Å². The maximum Gasteiger partial charge on any atom is 0.331 e. The third-order valence-corrected chi connectivity index (χ3v) is 2.77. The van der Waals surface area contributed by atoms with Crippen molar-refractivity contribution in [2.24, 2.45) is 0 Å². The van der Waals surface area contributed by atoms with Gasteiger partial charge in [0.2, 0.25) is 0 Å². The van der Waals surface area contributed by atoms with Gasteiger partial charge in [-0.3, -0.25) is 4.90 Å². The Bertz CT molecular complexity index is 249. The predicted molar refractivity (Wildman–Crippen MR) is 67.6 cm³/mol. The van der Waals surface area contributed by atoms with Crippen molar-refractivity contribution in [3.8, 4) is 0 Å². The van der Waals surface area contributed by atoms with E-state index < -0.39 is 5.97 Å². The molecular formula is C13H25NO2. The highest BCUT2D eigenvalue weighted by atomic mass is 16.4. The van der Waals surface area contributed by atoms with E-state index in [9.17, 15) is 4.79 Å². The molecule has 0 aromatic rings. The molecule has 16 heavy (non-hydrogen) atoms. The van der Waals surface area contributed by atoms with Crippen molar-refractivity contribution < 1.29 is 9.90 Å². The maximum absolute atomic E-state index is 10.8. The van der Waals surface area contributed by atoms with Gasteiger partial charge >= 0.3 is 5.97 Å². The second kappa shape index (κ2) is 6.69. The number of aliphatic carboxylic acids is 1. The van der Waals surface area contributed by atoms with Gasteiger partial charge in [0, 0.05) is 23.7 Å². The third kappa shape index (κ3) is 4.35. The van der Waals surface area contributed by atoms with Crippen LogP contribution in [0.1, 0.15) is 48.0 Å². The number of carboxylic acid groups (broad SMARTS) is 1. The summed E-state index contributed by atoms with van der Waals surface area (Å²) in [7, 11) is 0. The van der Waals surface area contributed by atoms with Crippen molar-refractivity contribution in [1.29, 1.82) is 0 Å². The number of rotatable bonds is 6. The van der Waals surface area contributed by atoms with E-state index in [-0.39, 0.29) is 6.04 Å². The highest BCUT2D eigenvalue weighted by Gasteiger charge is 2.21. The van der Waals surface area contributed by atoms with Gasteiger partial charge in [0.05, 0.1) is 0 Å². The lowest BCUT2D eigenvalue weighted by Gasteiger charge is -2.36. The van der Waals surface area contributed by atoms with E-state index in [1.165, 1.54) is 0 Å². The van der Waals surface area contributed by atoms with Crippen LogP contribution in [0.4, 0.5) is 0 Å². The van der Waals surface area contributed by atoms with Crippen molar-refractivity contribution in [1.82, 2.24) is 4.90 Å². The Morgan fingerprint density at radius 3 is 1.94 bits per heavy atom. The molecule has 0 rings (SSSR count). The van der Waals surface area contributed by atoms with E-state index >= 15 is 0 Å². The van der Waals surface area contributed by atoms with Crippen LogP contribution in [-0.2, 0) is 4.79 Å². The van der Waals surface area contributed by atoms with Crippen molar-refractivity contribution in [2.75, 3.05) is 0 Å². The number of carbonyl (C=O) groups is 1. The molecule has 0 amide bonds. The van der Waals surface area contributed by atoms with Crippen LogP contribution in [-0.4, -0.2) is 34.1 Å². The number of hydrogen-bond acceptors (Lipinski definition) is 2. The predicted octanol–water partition coefficient (Wildman–Crippen LogP) is 2.91. The molecule has 0 heterocycles. The van der Waals surface area contributed by atoms with E-state index in [1.54, 1.807) is 6.92 Å². The molecule has 1 atom stereocenters. The first kappa shape index (κ1) is 15.2. The third-order valence-electron chi connectivity index (χ3n) is 2.77. The first-order chi connectivity index (χ1) is 7.31. The summed E-state index contributed by atoms with van der Waals surface area (Å²) >= 11 is 0. The summed E-state index contributed by atoms with van der Waals surface area (Å²) in [5.41, 5.74) is 0.429. The molecule has 0 saturated heterocycles. The molecule has 0 fully saturated rings. The van der Waals surface area contributed by atoms with E-state index in [0.717, 1.165) is 6.42 Å². The minimum absolute atomic E-state index is 0.205. The highest BCUT2D eigenvalue weighted by molar-refractivity contribution is 5.85. The lowest BCUT2D eigenvalue weighted by Crippen LogP contribution is -2.44. The average Bonchev–Trinajstić information content (AvgIpc) is 2.14. The molecule has 0 aromatic carbocycles. The summed E-state index contributed by atoms with van der Waals surface area (Å²) in [6.45, 7) is 12.3. The molecule has 0 aromatic heterocycles. The van der Waals surface area contributed by atoms with Gasteiger partial charge in [0.25, 0.3) is 0 Å².